The van der Waals surface area contributed by atoms with Gasteiger partial charge in [-0.05, 0) is 104 Å². The number of hydrogen-bond donors (Lipinski definition) is 2. The molecule has 2 aliphatic rings. The van der Waals surface area contributed by atoms with Gasteiger partial charge >= 0.3 is 12.2 Å². The number of carbonyl (C=O) groups is 2. The maximum absolute atomic E-state index is 12.2. The average Bonchev–Trinajstić information content (AvgIpc) is 3.68. The van der Waals surface area contributed by atoms with E-state index in [1.807, 2.05) is 41.5 Å². The first-order valence-electron chi connectivity index (χ1n) is 19.4. The van der Waals surface area contributed by atoms with Crippen LogP contribution in [0.4, 0.5) is 15.4 Å². The number of rotatable bonds is 6. The van der Waals surface area contributed by atoms with Crippen LogP contribution in [0.2, 0.25) is 5.15 Å². The van der Waals surface area contributed by atoms with Crippen molar-refractivity contribution in [3.05, 3.63) is 39.6 Å². The maximum Gasteiger partial charge on any atom is 0.410 e. The van der Waals surface area contributed by atoms with Crippen molar-refractivity contribution < 1.29 is 19.1 Å². The second kappa shape index (κ2) is 19.7. The summed E-state index contributed by atoms with van der Waals surface area (Å²) < 4.78 is 11.9. The highest BCUT2D eigenvalue weighted by Gasteiger charge is 2.28. The first-order chi connectivity index (χ1) is 25.8. The summed E-state index contributed by atoms with van der Waals surface area (Å²) in [5.41, 5.74) is 4.89. The fourth-order valence-corrected chi connectivity index (χ4v) is 8.77. The zero-order valence-corrected chi connectivity index (χ0v) is 36.7. The van der Waals surface area contributed by atoms with Crippen LogP contribution in [0, 0.1) is 11.8 Å². The number of nitrogens with zero attached hydrogens (tertiary/aromatic N) is 6. The molecule has 0 spiro atoms. The Morgan fingerprint density at radius 3 is 1.85 bits per heavy atom. The molecule has 4 aromatic heterocycles. The predicted molar refractivity (Wildman–Crippen MR) is 226 cm³/mol. The Labute approximate surface area is 339 Å². The fourth-order valence-electron chi connectivity index (χ4n) is 6.06. The van der Waals surface area contributed by atoms with E-state index in [4.69, 9.17) is 26.8 Å². The van der Waals surface area contributed by atoms with E-state index in [9.17, 15) is 9.59 Å². The molecule has 3 N–H and O–H groups in total. The minimum absolute atomic E-state index is 0.218. The average molecular weight is 818 g/mol. The predicted octanol–water partition coefficient (Wildman–Crippen LogP) is 9.59. The molecule has 2 aliphatic heterocycles. The number of nitrogens with two attached hydrogens (primary N) is 1. The minimum Gasteiger partial charge on any atom is -0.444 e. The van der Waals surface area contributed by atoms with Crippen molar-refractivity contribution in [2.45, 2.75) is 131 Å². The molecular formula is C40H61ClN8O4S2. The number of likely N-dealkylation sites (tertiary alicyclic amines) is 2. The molecule has 6 heterocycles. The van der Waals surface area contributed by atoms with Gasteiger partial charge in [0.15, 0.2) is 5.15 Å². The molecule has 4 aromatic rings. The molecule has 2 saturated heterocycles. The van der Waals surface area contributed by atoms with Crippen LogP contribution in [0.1, 0.15) is 105 Å². The molecule has 2 fully saturated rings. The molecule has 0 aliphatic carbocycles. The zero-order valence-electron chi connectivity index (χ0n) is 34.3. The van der Waals surface area contributed by atoms with Gasteiger partial charge in [-0.2, -0.15) is 5.10 Å². The van der Waals surface area contributed by atoms with Crippen LogP contribution in [0.5, 0.6) is 0 Å². The van der Waals surface area contributed by atoms with E-state index >= 15 is 0 Å². The van der Waals surface area contributed by atoms with Crippen LogP contribution in [-0.2, 0) is 22.3 Å². The van der Waals surface area contributed by atoms with Crippen LogP contribution >= 0.6 is 34.3 Å². The van der Waals surface area contributed by atoms with Gasteiger partial charge < -0.3 is 30.3 Å². The van der Waals surface area contributed by atoms with Gasteiger partial charge in [0.05, 0.1) is 16.3 Å². The monoisotopic (exact) mass is 816 g/mol. The van der Waals surface area contributed by atoms with Crippen LogP contribution in [0.3, 0.4) is 0 Å². The number of anilines is 1. The summed E-state index contributed by atoms with van der Waals surface area (Å²) in [6.07, 6.45) is 8.64. The number of aromatic nitrogens is 4. The lowest BCUT2D eigenvalue weighted by Gasteiger charge is -2.33. The van der Waals surface area contributed by atoms with Gasteiger partial charge in [-0.1, -0.05) is 39.3 Å². The molecule has 304 valence electrons. The summed E-state index contributed by atoms with van der Waals surface area (Å²) >= 11 is 9.44. The van der Waals surface area contributed by atoms with E-state index in [1.165, 1.54) is 9.75 Å². The standard InChI is InChI=1S/C20H30N4O2S.C10H11ClN2S.C10H20N2O2/c1-13(2)10-15-11-16-17(21-12-22-18(16)27-15)23-14-6-8-24(9-7-14)19(25)26-20(3,4)5;1-6(2)3-7-4-8-9(14-7)5-12-13-10(8)11;1-10(2,3)14-9(13)12-6-4-8(11)5-7-12/h11-14H,6-10H2,1-5H3,(H,21,22,23);4-6H,3H2,1-2H3;8H,4-7,11H2,1-3H3. The molecule has 0 aromatic carbocycles. The zero-order chi connectivity index (χ0) is 40.5. The van der Waals surface area contributed by atoms with Gasteiger partial charge in [0.25, 0.3) is 0 Å². The third kappa shape index (κ3) is 14.6. The lowest BCUT2D eigenvalue weighted by Crippen LogP contribution is -2.44. The number of piperidine rings is 2. The summed E-state index contributed by atoms with van der Waals surface area (Å²) in [6, 6.07) is 4.89. The van der Waals surface area contributed by atoms with Crippen LogP contribution in [0.25, 0.3) is 20.3 Å². The third-order valence-electron chi connectivity index (χ3n) is 8.63. The smallest absolute Gasteiger partial charge is 0.410 e. The number of nitrogens with one attached hydrogen (secondary N) is 1. The van der Waals surface area contributed by atoms with E-state index in [1.54, 1.807) is 45.0 Å². The Morgan fingerprint density at radius 2 is 1.35 bits per heavy atom. The van der Waals surface area contributed by atoms with Crippen molar-refractivity contribution in [1.82, 2.24) is 30.0 Å². The summed E-state index contributed by atoms with van der Waals surface area (Å²) in [5, 5.41) is 13.9. The molecule has 0 atom stereocenters. The lowest BCUT2D eigenvalue weighted by atomic mass is 10.1. The summed E-state index contributed by atoms with van der Waals surface area (Å²) in [4.78, 5) is 40.0. The van der Waals surface area contributed by atoms with Crippen molar-refractivity contribution >= 4 is 72.6 Å². The Balaban J connectivity index is 0.000000202. The molecule has 55 heavy (non-hydrogen) atoms. The van der Waals surface area contributed by atoms with Crippen molar-refractivity contribution in [2.24, 2.45) is 17.6 Å². The maximum atomic E-state index is 12.2. The molecule has 0 unspecified atom stereocenters. The summed E-state index contributed by atoms with van der Waals surface area (Å²) in [6.45, 7) is 23.0. The highest BCUT2D eigenvalue weighted by Crippen LogP contribution is 2.32. The van der Waals surface area contributed by atoms with Crippen molar-refractivity contribution in [1.29, 1.82) is 0 Å². The van der Waals surface area contributed by atoms with Crippen LogP contribution < -0.4 is 11.1 Å². The topological polar surface area (TPSA) is 149 Å². The van der Waals surface area contributed by atoms with Gasteiger partial charge in [-0.3, -0.25) is 0 Å². The normalized spacial score (nSPS) is 15.8. The number of halogens is 1. The largest absolute Gasteiger partial charge is 0.444 e. The summed E-state index contributed by atoms with van der Waals surface area (Å²) in [7, 11) is 0. The molecule has 2 amide bonds. The van der Waals surface area contributed by atoms with Crippen LogP contribution in [-0.4, -0.2) is 91.6 Å². The quantitative estimate of drug-likeness (QED) is 0.193. The second-order valence-corrected chi connectivity index (χ2v) is 19.8. The van der Waals surface area contributed by atoms with Crippen molar-refractivity contribution in [3.8, 4) is 0 Å². The highest BCUT2D eigenvalue weighted by molar-refractivity contribution is 7.19. The lowest BCUT2D eigenvalue weighted by molar-refractivity contribution is 0.0197. The van der Waals surface area contributed by atoms with E-state index in [-0.39, 0.29) is 18.2 Å². The van der Waals surface area contributed by atoms with Gasteiger partial charge in [-0.25, -0.2) is 19.6 Å². The minimum atomic E-state index is -0.453. The van der Waals surface area contributed by atoms with Crippen molar-refractivity contribution in [3.63, 3.8) is 0 Å². The number of thiophene rings is 2. The second-order valence-electron chi connectivity index (χ2n) is 17.2. The molecule has 0 radical (unpaired) electrons. The van der Waals surface area contributed by atoms with E-state index < -0.39 is 11.2 Å². The Morgan fingerprint density at radius 1 is 0.836 bits per heavy atom. The van der Waals surface area contributed by atoms with E-state index in [0.29, 0.717) is 36.1 Å². The number of amides is 2. The Kier molecular flexibility index (Phi) is 15.9. The SMILES string of the molecule is CC(C)(C)OC(=O)N1CCC(N)CC1.CC(C)Cc1cc2c(Cl)nncc2s1.CC(C)Cc1cc2c(NC3CCN(C(=O)OC(C)(C)C)CC3)ncnc2s1. The van der Waals surface area contributed by atoms with E-state index in [0.717, 1.165) is 77.7 Å². The molecule has 12 nitrogen and oxygen atoms in total. The number of fused-ring (bicyclic) bond motifs is 2. The molecule has 15 heteroatoms. The van der Waals surface area contributed by atoms with E-state index in [2.05, 4.69) is 65.3 Å². The van der Waals surface area contributed by atoms with Gasteiger partial charge in [0.1, 0.15) is 28.2 Å². The Bertz CT molecular complexity index is 1840. The number of carbonyl (C=O) groups excluding carboxylic acids is 2. The highest BCUT2D eigenvalue weighted by atomic mass is 35.5. The van der Waals surface area contributed by atoms with Gasteiger partial charge in [0.2, 0.25) is 0 Å². The van der Waals surface area contributed by atoms with Crippen molar-refractivity contribution in [2.75, 3.05) is 31.5 Å². The molecule has 6 rings (SSSR count). The first kappa shape index (κ1) is 44.4. The van der Waals surface area contributed by atoms with Gasteiger partial charge in [0, 0.05) is 53.4 Å². The number of hydrogen-bond acceptors (Lipinski definition) is 12. The summed E-state index contributed by atoms with van der Waals surface area (Å²) in [5.74, 6) is 2.20. The molecule has 0 bridgehead atoms. The van der Waals surface area contributed by atoms with Crippen LogP contribution in [0.15, 0.2) is 24.7 Å². The van der Waals surface area contributed by atoms with Gasteiger partial charge in [-0.15, -0.1) is 27.8 Å². The third-order valence-corrected chi connectivity index (χ3v) is 11.1. The molecule has 0 saturated carbocycles. The Hall–Kier alpha value is -3.33. The first-order valence-corrected chi connectivity index (χ1v) is 21.4. The molecular weight excluding hydrogens is 756 g/mol. The number of ether oxygens (including phenoxy) is 2. The fraction of sp³-hybridized carbons (Fsp3) is 0.650.